The van der Waals surface area contributed by atoms with Crippen molar-refractivity contribution >= 4 is 23.0 Å². The van der Waals surface area contributed by atoms with Crippen LogP contribution in [0.5, 0.6) is 0 Å². The summed E-state index contributed by atoms with van der Waals surface area (Å²) in [4.78, 5) is 35.4. The zero-order valence-electron chi connectivity index (χ0n) is 31.6. The molecule has 0 saturated heterocycles. The van der Waals surface area contributed by atoms with Gasteiger partial charge in [-0.25, -0.2) is 9.97 Å². The van der Waals surface area contributed by atoms with Crippen molar-refractivity contribution in [2.24, 2.45) is 16.3 Å². The molecule has 14 heteroatoms. The van der Waals surface area contributed by atoms with Gasteiger partial charge >= 0.3 is 0 Å². The van der Waals surface area contributed by atoms with E-state index in [0.717, 1.165) is 35.3 Å². The van der Waals surface area contributed by atoms with E-state index in [1.165, 1.54) is 12.0 Å². The smallest absolute Gasteiger partial charge is 0.229 e. The molecule has 0 bridgehead atoms. The summed E-state index contributed by atoms with van der Waals surface area (Å²) in [5.74, 6) is 53.0. The molecule has 0 aliphatic heterocycles. The first-order valence-corrected chi connectivity index (χ1v) is 16.7. The Morgan fingerprint density at radius 2 is 1.45 bits per heavy atom. The van der Waals surface area contributed by atoms with Gasteiger partial charge in [0.15, 0.2) is 10.9 Å². The minimum atomic E-state index is -0.879. The number of aromatic nitrogens is 4. The second kappa shape index (κ2) is 26.7. The fourth-order valence-corrected chi connectivity index (χ4v) is 4.00. The standard InChI is InChI=1S/C22H27N5O2.C22H2.H3N5O2.12H2/c1-22(2,3)29-13-11-19(28)26-21-25-18-10-9-17(15-6-5-12-23-14-15)24-20(18)27(21)16-7-4-8-16;1-3-5-7-9-11-13-15-17-19-21-22-20-18-16-14-12-10-8-6-4-2;1-2-3-4-5(6)7;;;;;;;;;;;;/h5-6,9-10,12,14,16H,4,7-8,11,13H2,1-3H3,(H,25,26,28);1-2H;(H2,1,3)(H,2,4);12*1H. The molecule has 1 saturated carbocycles. The van der Waals surface area contributed by atoms with Gasteiger partial charge in [-0.3, -0.25) is 25.5 Å². The topological polar surface area (TPSA) is 188 Å². The molecule has 0 aromatic carbocycles. The monoisotopic (exact) mass is 788 g/mol. The molecule has 14 nitrogen and oxygen atoms in total. The number of terminal acetylenes is 2. The molecule has 3 heterocycles. The number of pyridine rings is 2. The first-order valence-electron chi connectivity index (χ1n) is 16.7. The van der Waals surface area contributed by atoms with Crippen LogP contribution in [0.2, 0.25) is 0 Å². The van der Waals surface area contributed by atoms with E-state index in [-0.39, 0.29) is 28.6 Å². The molecule has 3 aromatic heterocycles. The van der Waals surface area contributed by atoms with Crippen LogP contribution in [0.1, 0.15) is 69.6 Å². The van der Waals surface area contributed by atoms with Gasteiger partial charge in [0.05, 0.1) is 34.6 Å². The maximum Gasteiger partial charge on any atom is 0.229 e. The van der Waals surface area contributed by atoms with Gasteiger partial charge in [-0.1, -0.05) is 0 Å². The molecule has 1 aliphatic rings. The summed E-state index contributed by atoms with van der Waals surface area (Å²) in [5, 5.41) is 16.5. The molecular formula is C44H56N10O4. The molecule has 1 aliphatic carbocycles. The fraction of sp³-hybridized carbons (Fsp3) is 0.227. The van der Waals surface area contributed by atoms with Crippen molar-refractivity contribution in [2.45, 2.75) is 58.1 Å². The number of nitro groups is 1. The molecule has 306 valence electrons. The number of ether oxygens (including phenoxy) is 1. The van der Waals surface area contributed by atoms with Gasteiger partial charge in [0.25, 0.3) is 0 Å². The number of amides is 1. The molecule has 3 aromatic rings. The maximum absolute atomic E-state index is 12.5. The highest BCUT2D eigenvalue weighted by molar-refractivity contribution is 5.91. The van der Waals surface area contributed by atoms with E-state index in [4.69, 9.17) is 22.6 Å². The molecule has 4 rings (SSSR count). The number of nitrogens with two attached hydrogens (primary N) is 1. The van der Waals surface area contributed by atoms with Crippen LogP contribution in [0.25, 0.3) is 22.4 Å². The summed E-state index contributed by atoms with van der Waals surface area (Å²) in [7, 11) is 0. The highest BCUT2D eigenvalue weighted by Gasteiger charge is 2.26. The average Bonchev–Trinajstić information content (AvgIpc) is 3.52. The highest BCUT2D eigenvalue weighted by Crippen LogP contribution is 2.37. The van der Waals surface area contributed by atoms with Crippen LogP contribution < -0.4 is 16.7 Å². The number of anilines is 1. The zero-order chi connectivity index (χ0) is 42.3. The Kier molecular flexibility index (Phi) is 20.8. The van der Waals surface area contributed by atoms with Crippen molar-refractivity contribution in [3.8, 4) is 143 Å². The summed E-state index contributed by atoms with van der Waals surface area (Å²) >= 11 is 0. The summed E-state index contributed by atoms with van der Waals surface area (Å²) in [5.41, 5.74) is 4.49. The van der Waals surface area contributed by atoms with Crippen LogP contribution in [0, 0.1) is 141 Å². The zero-order valence-corrected chi connectivity index (χ0v) is 31.6. The summed E-state index contributed by atoms with van der Waals surface area (Å²) in [6.07, 6.45) is 17.0. The van der Waals surface area contributed by atoms with Gasteiger partial charge in [-0.2, -0.15) is 0 Å². The lowest BCUT2D eigenvalue weighted by molar-refractivity contribution is -0.546. The van der Waals surface area contributed by atoms with Gasteiger partial charge in [-0.05, 0) is 159 Å². The van der Waals surface area contributed by atoms with Crippen molar-refractivity contribution in [1.82, 2.24) is 25.1 Å². The number of carbonyl (C=O) groups excluding carboxylic acids is 1. The maximum atomic E-state index is 12.5. The van der Waals surface area contributed by atoms with Gasteiger partial charge < -0.3 is 14.9 Å². The van der Waals surface area contributed by atoms with E-state index in [2.05, 4.69) is 155 Å². The molecule has 0 atom stereocenters. The number of imidazole rings is 1. The molecule has 0 spiro atoms. The minimum absolute atomic E-state index is 0. The Morgan fingerprint density at radius 3 is 1.84 bits per heavy atom. The van der Waals surface area contributed by atoms with Gasteiger partial charge in [0, 0.05) is 70.3 Å². The number of carbonyl (C=O) groups is 1. The molecule has 58 heavy (non-hydrogen) atoms. The molecule has 0 unspecified atom stereocenters. The second-order valence-electron chi connectivity index (χ2n) is 11.5. The first-order chi connectivity index (χ1) is 28.1. The number of nitrogens with one attached hydrogen (secondary N) is 2. The summed E-state index contributed by atoms with van der Waals surface area (Å²) in [6, 6.07) is 8.11. The van der Waals surface area contributed by atoms with E-state index in [1.54, 1.807) is 12.4 Å². The lowest BCUT2D eigenvalue weighted by Gasteiger charge is -2.28. The van der Waals surface area contributed by atoms with Crippen LogP contribution in [-0.4, -0.2) is 42.7 Å². The molecule has 0 radical (unpaired) electrons. The van der Waals surface area contributed by atoms with Crippen LogP contribution in [0.15, 0.2) is 47.1 Å². The van der Waals surface area contributed by atoms with Crippen LogP contribution in [-0.2, 0) is 9.53 Å². The Hall–Kier alpha value is -9.04. The van der Waals surface area contributed by atoms with Crippen molar-refractivity contribution in [1.29, 1.82) is 0 Å². The third-order valence-electron chi connectivity index (χ3n) is 6.44. The number of nitrogens with zero attached hydrogens (tertiary/aromatic N) is 7. The van der Waals surface area contributed by atoms with E-state index in [9.17, 15) is 14.9 Å². The third kappa shape index (κ3) is 19.2. The van der Waals surface area contributed by atoms with Crippen molar-refractivity contribution < 1.29 is 31.7 Å². The minimum Gasteiger partial charge on any atom is -0.375 e. The van der Waals surface area contributed by atoms with E-state index in [0.29, 0.717) is 25.0 Å². The first kappa shape index (κ1) is 45.1. The Bertz CT molecular complexity index is 2610. The van der Waals surface area contributed by atoms with Crippen LogP contribution in [0.4, 0.5) is 5.95 Å². The van der Waals surface area contributed by atoms with Gasteiger partial charge in [0.2, 0.25) is 11.9 Å². The molecule has 4 N–H and O–H groups in total. The second-order valence-corrected chi connectivity index (χ2v) is 11.5. The van der Waals surface area contributed by atoms with Crippen LogP contribution in [0.3, 0.4) is 0 Å². The third-order valence-corrected chi connectivity index (χ3v) is 6.44. The van der Waals surface area contributed by atoms with Crippen LogP contribution >= 0.6 is 0 Å². The number of fused-ring (bicyclic) bond motifs is 1. The van der Waals surface area contributed by atoms with E-state index < -0.39 is 5.03 Å². The predicted octanol–water partition coefficient (Wildman–Crippen LogP) is 6.61. The van der Waals surface area contributed by atoms with Gasteiger partial charge in [0.1, 0.15) is 5.52 Å². The molecule has 1 amide bonds. The fourth-order valence-electron chi connectivity index (χ4n) is 4.00. The number of hydrogen-bond acceptors (Lipinski definition) is 9. The largest absolute Gasteiger partial charge is 0.375 e. The average molecular weight is 789 g/mol. The Morgan fingerprint density at radius 1 is 0.914 bits per heavy atom. The predicted molar refractivity (Wildman–Crippen MR) is 245 cm³/mol. The summed E-state index contributed by atoms with van der Waals surface area (Å²) < 4.78 is 7.75. The quantitative estimate of drug-likeness (QED) is 0.0743. The van der Waals surface area contributed by atoms with E-state index in [1.807, 2.05) is 45.0 Å². The normalized spacial score (nSPS) is 9.88. The number of rotatable bonds is 8. The Labute approximate surface area is 355 Å². The molecule has 1 fully saturated rings. The van der Waals surface area contributed by atoms with E-state index >= 15 is 0 Å². The van der Waals surface area contributed by atoms with Crippen molar-refractivity contribution in [3.05, 3.63) is 46.8 Å². The van der Waals surface area contributed by atoms with Crippen molar-refractivity contribution in [3.63, 3.8) is 0 Å². The number of hydrazine groups is 1. The van der Waals surface area contributed by atoms with Crippen molar-refractivity contribution in [2.75, 3.05) is 11.9 Å². The molecular weight excluding hydrogens is 733 g/mol. The number of hydrogen-bond donors (Lipinski definition) is 3. The summed E-state index contributed by atoms with van der Waals surface area (Å²) in [6.45, 7) is 6.31. The highest BCUT2D eigenvalue weighted by atomic mass is 16.7. The SMILES string of the molecule is C#CC#CC#CC#CC#CC#CC#CC#CC#CC#CC#C.CC(C)(C)OCCC(=O)Nc1nc2ccc(-c3cccnc3)nc2n1C1CCC1.NN=NN[N+](=O)[O-].[HH].[HH].[HH].[HH].[HH].[HH].[HH].[HH].[HH].[HH].[HH].[HH]. The Balaban J connectivity index is -0.0000000861. The lowest BCUT2D eigenvalue weighted by Crippen LogP contribution is -2.25. The lowest BCUT2D eigenvalue weighted by atomic mass is 9.93. The van der Waals surface area contributed by atoms with Gasteiger partial charge in [-0.15, -0.1) is 12.8 Å².